The highest BCUT2D eigenvalue weighted by molar-refractivity contribution is 9.11. The molecule has 0 radical (unpaired) electrons. The van der Waals surface area contributed by atoms with Crippen molar-refractivity contribution in [3.05, 3.63) is 55.6 Å². The highest BCUT2D eigenvalue weighted by atomic mass is 79.9. The van der Waals surface area contributed by atoms with Gasteiger partial charge in [-0.25, -0.2) is 0 Å². The number of hydrogen-bond donors (Lipinski definition) is 1. The molecule has 1 unspecified atom stereocenters. The SMILES string of the molecule is NC1=NCC(c2ncc(Br)cc2Br)N1c1ccc(Br)cc1. The number of aromatic nitrogens is 1. The Morgan fingerprint density at radius 2 is 1.81 bits per heavy atom. The molecule has 0 amide bonds. The molecule has 1 aromatic carbocycles. The van der Waals surface area contributed by atoms with E-state index in [-0.39, 0.29) is 6.04 Å². The Kier molecular flexibility index (Phi) is 4.33. The number of rotatable bonds is 2. The predicted octanol–water partition coefficient (Wildman–Crippen LogP) is 4.25. The lowest BCUT2D eigenvalue weighted by molar-refractivity contribution is 0.734. The van der Waals surface area contributed by atoms with E-state index < -0.39 is 0 Å². The normalized spacial score (nSPS) is 18.0. The highest BCUT2D eigenvalue weighted by Crippen LogP contribution is 2.34. The lowest BCUT2D eigenvalue weighted by Crippen LogP contribution is -2.36. The van der Waals surface area contributed by atoms with Gasteiger partial charge in [0.2, 0.25) is 0 Å². The molecule has 0 fully saturated rings. The highest BCUT2D eigenvalue weighted by Gasteiger charge is 2.31. The van der Waals surface area contributed by atoms with Crippen molar-refractivity contribution in [3.8, 4) is 0 Å². The first-order valence-corrected chi connectivity index (χ1v) is 8.60. The second kappa shape index (κ2) is 6.06. The van der Waals surface area contributed by atoms with Gasteiger partial charge in [0, 0.05) is 25.3 Å². The summed E-state index contributed by atoms with van der Waals surface area (Å²) in [7, 11) is 0. The summed E-state index contributed by atoms with van der Waals surface area (Å²) in [5.41, 5.74) is 7.99. The summed E-state index contributed by atoms with van der Waals surface area (Å²) in [6.45, 7) is 0.592. The number of nitrogens with zero attached hydrogens (tertiary/aromatic N) is 3. The van der Waals surface area contributed by atoms with E-state index in [1.54, 1.807) is 6.20 Å². The Morgan fingerprint density at radius 1 is 1.10 bits per heavy atom. The zero-order chi connectivity index (χ0) is 15.0. The molecule has 1 aliphatic rings. The van der Waals surface area contributed by atoms with Crippen molar-refractivity contribution in [1.29, 1.82) is 0 Å². The molecule has 0 saturated heterocycles. The summed E-state index contributed by atoms with van der Waals surface area (Å²) in [5, 5.41) is 0. The van der Waals surface area contributed by atoms with Crippen molar-refractivity contribution in [3.63, 3.8) is 0 Å². The van der Waals surface area contributed by atoms with Gasteiger partial charge in [-0.05, 0) is 62.2 Å². The van der Waals surface area contributed by atoms with Crippen molar-refractivity contribution < 1.29 is 0 Å². The van der Waals surface area contributed by atoms with Crippen LogP contribution in [-0.2, 0) is 0 Å². The monoisotopic (exact) mass is 472 g/mol. The predicted molar refractivity (Wildman–Crippen MR) is 95.5 cm³/mol. The van der Waals surface area contributed by atoms with Crippen LogP contribution < -0.4 is 10.6 Å². The molecule has 2 aromatic rings. The fourth-order valence-electron chi connectivity index (χ4n) is 2.29. The molecular formula is C14H11Br3N4. The quantitative estimate of drug-likeness (QED) is 0.708. The van der Waals surface area contributed by atoms with E-state index in [1.165, 1.54) is 0 Å². The van der Waals surface area contributed by atoms with E-state index in [2.05, 4.69) is 57.8 Å². The summed E-state index contributed by atoms with van der Waals surface area (Å²) in [4.78, 5) is 10.9. The van der Waals surface area contributed by atoms with Crippen LogP contribution in [-0.4, -0.2) is 17.5 Å². The molecule has 0 saturated carbocycles. The van der Waals surface area contributed by atoms with Gasteiger partial charge in [0.25, 0.3) is 0 Å². The second-order valence-corrected chi connectivity index (χ2v) is 7.27. The molecule has 2 heterocycles. The van der Waals surface area contributed by atoms with Crippen LogP contribution in [0.4, 0.5) is 5.69 Å². The van der Waals surface area contributed by atoms with Gasteiger partial charge in [0.1, 0.15) is 0 Å². The van der Waals surface area contributed by atoms with Crippen molar-refractivity contribution in [2.45, 2.75) is 6.04 Å². The maximum atomic E-state index is 6.07. The molecule has 1 aromatic heterocycles. The average molecular weight is 475 g/mol. The number of benzene rings is 1. The Morgan fingerprint density at radius 3 is 2.48 bits per heavy atom. The fraction of sp³-hybridized carbons (Fsp3) is 0.143. The van der Waals surface area contributed by atoms with E-state index >= 15 is 0 Å². The lowest BCUT2D eigenvalue weighted by atomic mass is 10.1. The minimum Gasteiger partial charge on any atom is -0.369 e. The number of hydrogen-bond acceptors (Lipinski definition) is 4. The van der Waals surface area contributed by atoms with E-state index in [9.17, 15) is 0 Å². The Hall–Kier alpha value is -0.920. The first-order valence-electron chi connectivity index (χ1n) is 6.22. The third-order valence-corrected chi connectivity index (χ3v) is 4.84. The first-order chi connectivity index (χ1) is 10.1. The molecule has 0 aliphatic carbocycles. The maximum Gasteiger partial charge on any atom is 0.196 e. The standard InChI is InChI=1S/C14H11Br3N4/c15-8-1-3-10(4-2-8)21-12(7-20-14(21)18)13-11(17)5-9(16)6-19-13/h1-6,12H,7H2,(H2,18,20). The second-order valence-electron chi connectivity index (χ2n) is 4.58. The summed E-state index contributed by atoms with van der Waals surface area (Å²) < 4.78 is 2.90. The van der Waals surface area contributed by atoms with Crippen LogP contribution in [0.1, 0.15) is 11.7 Å². The minimum atomic E-state index is -0.00588. The van der Waals surface area contributed by atoms with Crippen molar-refractivity contribution >= 4 is 59.4 Å². The van der Waals surface area contributed by atoms with Gasteiger partial charge in [-0.2, -0.15) is 0 Å². The number of halogens is 3. The van der Waals surface area contributed by atoms with E-state index in [0.717, 1.165) is 24.8 Å². The summed E-state index contributed by atoms with van der Waals surface area (Å²) >= 11 is 10.4. The molecule has 3 rings (SSSR count). The van der Waals surface area contributed by atoms with Gasteiger partial charge in [-0.3, -0.25) is 9.98 Å². The number of aliphatic imine (C=N–C) groups is 1. The van der Waals surface area contributed by atoms with Crippen molar-refractivity contribution in [1.82, 2.24) is 4.98 Å². The summed E-state index contributed by atoms with van der Waals surface area (Å²) in [6.07, 6.45) is 1.79. The van der Waals surface area contributed by atoms with Crippen LogP contribution >= 0.6 is 47.8 Å². The first kappa shape index (κ1) is 15.0. The van der Waals surface area contributed by atoms with Gasteiger partial charge in [0.05, 0.1) is 18.3 Å². The molecule has 2 N–H and O–H groups in total. The number of nitrogens with two attached hydrogens (primary N) is 1. The third-order valence-electron chi connectivity index (χ3n) is 3.24. The Labute approximate surface area is 147 Å². The van der Waals surface area contributed by atoms with Crippen LogP contribution in [0.2, 0.25) is 0 Å². The average Bonchev–Trinajstić information content (AvgIpc) is 2.82. The third kappa shape index (κ3) is 3.00. The topological polar surface area (TPSA) is 54.5 Å². The van der Waals surface area contributed by atoms with Crippen LogP contribution in [0.3, 0.4) is 0 Å². The maximum absolute atomic E-state index is 6.07. The minimum absolute atomic E-state index is 0.00588. The molecule has 7 heteroatoms. The molecule has 21 heavy (non-hydrogen) atoms. The number of pyridine rings is 1. The fourth-order valence-corrected chi connectivity index (χ4v) is 3.81. The molecule has 1 aliphatic heterocycles. The molecule has 1 atom stereocenters. The number of anilines is 1. The molecule has 108 valence electrons. The van der Waals surface area contributed by atoms with Gasteiger partial charge >= 0.3 is 0 Å². The summed E-state index contributed by atoms with van der Waals surface area (Å²) in [5.74, 6) is 0.513. The molecule has 4 nitrogen and oxygen atoms in total. The smallest absolute Gasteiger partial charge is 0.196 e. The molecular weight excluding hydrogens is 464 g/mol. The van der Waals surface area contributed by atoms with Gasteiger partial charge < -0.3 is 10.6 Å². The van der Waals surface area contributed by atoms with Gasteiger partial charge in [-0.1, -0.05) is 15.9 Å². The van der Waals surface area contributed by atoms with E-state index in [1.807, 2.05) is 35.2 Å². The zero-order valence-corrected chi connectivity index (χ0v) is 15.6. The van der Waals surface area contributed by atoms with Crippen LogP contribution in [0.15, 0.2) is 54.9 Å². The largest absolute Gasteiger partial charge is 0.369 e. The van der Waals surface area contributed by atoms with Gasteiger partial charge in [-0.15, -0.1) is 0 Å². The Bertz CT molecular complexity index is 700. The Balaban J connectivity index is 2.00. The molecule has 0 bridgehead atoms. The summed E-state index contributed by atoms with van der Waals surface area (Å²) in [6, 6.07) is 9.98. The lowest BCUT2D eigenvalue weighted by Gasteiger charge is -2.26. The molecule has 0 spiro atoms. The van der Waals surface area contributed by atoms with Crippen LogP contribution in [0, 0.1) is 0 Å². The zero-order valence-electron chi connectivity index (χ0n) is 10.8. The number of guanidine groups is 1. The van der Waals surface area contributed by atoms with E-state index in [0.29, 0.717) is 12.5 Å². The van der Waals surface area contributed by atoms with Crippen molar-refractivity contribution in [2.24, 2.45) is 10.7 Å². The van der Waals surface area contributed by atoms with Crippen LogP contribution in [0.25, 0.3) is 0 Å². The van der Waals surface area contributed by atoms with Crippen LogP contribution in [0.5, 0.6) is 0 Å². The van der Waals surface area contributed by atoms with E-state index in [4.69, 9.17) is 5.73 Å². The van der Waals surface area contributed by atoms with Crippen molar-refractivity contribution in [2.75, 3.05) is 11.4 Å². The van der Waals surface area contributed by atoms with Gasteiger partial charge in [0.15, 0.2) is 5.96 Å².